The molecule has 3 amide bonds. The first-order chi connectivity index (χ1) is 29.3. The van der Waals surface area contributed by atoms with Crippen LogP contribution >= 0.6 is 0 Å². The number of para-hydroxylation sites is 2. The zero-order chi connectivity index (χ0) is 41.7. The molecule has 318 valence electrons. The maximum absolute atomic E-state index is 13.3. The number of carbonyl (C=O) groups is 3. The second-order valence-electron chi connectivity index (χ2n) is 17.8. The van der Waals surface area contributed by atoms with Gasteiger partial charge in [0, 0.05) is 62.5 Å². The van der Waals surface area contributed by atoms with Crippen LogP contribution in [0.4, 0.5) is 16.2 Å². The third-order valence-electron chi connectivity index (χ3n) is 13.3. The number of amides is 3. The highest BCUT2D eigenvalue weighted by Crippen LogP contribution is 2.34. The van der Waals surface area contributed by atoms with E-state index in [0.717, 1.165) is 93.5 Å². The van der Waals surface area contributed by atoms with Crippen molar-refractivity contribution in [1.29, 1.82) is 0 Å². The summed E-state index contributed by atoms with van der Waals surface area (Å²) in [6, 6.07) is 37.0. The van der Waals surface area contributed by atoms with Gasteiger partial charge in [-0.15, -0.1) is 0 Å². The molecule has 0 spiro atoms. The second kappa shape index (κ2) is 21.5. The van der Waals surface area contributed by atoms with E-state index in [1.54, 1.807) is 4.90 Å². The number of ether oxygens (including phenoxy) is 1. The SMILES string of the molecule is Cc1ccccc1N(CC1CCCN(C(=O)OCc2ccccc2)C1)C(=O)C1CCC1.Cc1ccccc1N(CC1CCCN(CCc2ccccc2)C1)C(=O)C1CCC1. The van der Waals surface area contributed by atoms with Crippen LogP contribution in [0.2, 0.25) is 0 Å². The molecule has 0 radical (unpaired) electrons. The molecule has 2 heterocycles. The molecule has 2 saturated heterocycles. The van der Waals surface area contributed by atoms with Gasteiger partial charge in [-0.3, -0.25) is 9.59 Å². The first kappa shape index (κ1) is 43.1. The lowest BCUT2D eigenvalue weighted by molar-refractivity contribution is -0.125. The summed E-state index contributed by atoms with van der Waals surface area (Å²) in [6.07, 6.45) is 11.7. The number of carbonyl (C=O) groups excluding carboxylic acids is 3. The van der Waals surface area contributed by atoms with Crippen molar-refractivity contribution in [3.63, 3.8) is 0 Å². The van der Waals surface area contributed by atoms with Crippen LogP contribution in [0.3, 0.4) is 0 Å². The lowest BCUT2D eigenvalue weighted by atomic mass is 9.83. The number of benzene rings is 4. The van der Waals surface area contributed by atoms with Crippen LogP contribution in [-0.2, 0) is 27.4 Å². The molecule has 2 atom stereocenters. The molecule has 2 unspecified atom stereocenters. The van der Waals surface area contributed by atoms with Gasteiger partial charge in [-0.1, -0.05) is 110 Å². The maximum atomic E-state index is 13.3. The molecule has 2 aliphatic carbocycles. The van der Waals surface area contributed by atoms with Crippen molar-refractivity contribution in [2.45, 2.75) is 91.1 Å². The van der Waals surface area contributed by atoms with Crippen LogP contribution in [0.5, 0.6) is 0 Å². The predicted octanol–water partition coefficient (Wildman–Crippen LogP) is 10.3. The van der Waals surface area contributed by atoms with Crippen LogP contribution < -0.4 is 9.80 Å². The van der Waals surface area contributed by atoms with E-state index in [-0.39, 0.29) is 36.4 Å². The molecule has 2 saturated carbocycles. The number of piperidine rings is 2. The van der Waals surface area contributed by atoms with E-state index in [1.165, 1.54) is 36.9 Å². The Morgan fingerprint density at radius 2 is 1.05 bits per heavy atom. The first-order valence-corrected chi connectivity index (χ1v) is 22.8. The minimum absolute atomic E-state index is 0.148. The van der Waals surface area contributed by atoms with Gasteiger partial charge in [0.05, 0.1) is 0 Å². The summed E-state index contributed by atoms with van der Waals surface area (Å²) in [6.45, 7) is 10.7. The average Bonchev–Trinajstić information content (AvgIpc) is 3.24. The van der Waals surface area contributed by atoms with Gasteiger partial charge in [-0.2, -0.15) is 0 Å². The Morgan fingerprint density at radius 1 is 0.567 bits per heavy atom. The molecule has 4 fully saturated rings. The molecule has 0 N–H and O–H groups in total. The summed E-state index contributed by atoms with van der Waals surface area (Å²) >= 11 is 0. The lowest BCUT2D eigenvalue weighted by Gasteiger charge is -2.38. The first-order valence-electron chi connectivity index (χ1n) is 22.8. The van der Waals surface area contributed by atoms with Crippen molar-refractivity contribution in [3.05, 3.63) is 131 Å². The van der Waals surface area contributed by atoms with Gasteiger partial charge in [0.15, 0.2) is 0 Å². The highest BCUT2D eigenvalue weighted by atomic mass is 16.6. The quantitative estimate of drug-likeness (QED) is 0.134. The molecular weight excluding hydrogens is 745 g/mol. The van der Waals surface area contributed by atoms with Crippen molar-refractivity contribution >= 4 is 29.3 Å². The molecule has 0 aromatic heterocycles. The normalized spacial score (nSPS) is 19.5. The molecule has 0 bridgehead atoms. The average molecular weight is 811 g/mol. The van der Waals surface area contributed by atoms with E-state index in [1.807, 2.05) is 53.4 Å². The van der Waals surface area contributed by atoms with Crippen LogP contribution in [0.1, 0.15) is 86.5 Å². The number of anilines is 2. The molecule has 2 aliphatic heterocycles. The Balaban J connectivity index is 0.000000182. The summed E-state index contributed by atoms with van der Waals surface area (Å²) in [5.41, 5.74) is 6.84. The minimum Gasteiger partial charge on any atom is -0.445 e. The van der Waals surface area contributed by atoms with Gasteiger partial charge >= 0.3 is 6.09 Å². The van der Waals surface area contributed by atoms with E-state index < -0.39 is 0 Å². The lowest BCUT2D eigenvalue weighted by Crippen LogP contribution is -2.47. The zero-order valence-corrected chi connectivity index (χ0v) is 36.1. The van der Waals surface area contributed by atoms with E-state index in [9.17, 15) is 14.4 Å². The van der Waals surface area contributed by atoms with Crippen LogP contribution in [-0.4, -0.2) is 73.5 Å². The number of hydrogen-bond donors (Lipinski definition) is 0. The molecule has 4 aliphatic rings. The van der Waals surface area contributed by atoms with E-state index in [4.69, 9.17) is 4.74 Å². The largest absolute Gasteiger partial charge is 0.445 e. The minimum atomic E-state index is -0.263. The Bertz CT molecular complexity index is 1980. The fourth-order valence-corrected chi connectivity index (χ4v) is 9.24. The molecule has 4 aromatic rings. The number of hydrogen-bond acceptors (Lipinski definition) is 5. The number of likely N-dealkylation sites (tertiary alicyclic amines) is 2. The molecule has 8 rings (SSSR count). The summed E-state index contributed by atoms with van der Waals surface area (Å²) in [5, 5.41) is 0. The fourth-order valence-electron chi connectivity index (χ4n) is 9.24. The summed E-state index contributed by atoms with van der Waals surface area (Å²) in [4.78, 5) is 47.7. The molecule has 8 nitrogen and oxygen atoms in total. The third-order valence-corrected chi connectivity index (χ3v) is 13.3. The number of rotatable bonds is 13. The summed E-state index contributed by atoms with van der Waals surface area (Å²) in [7, 11) is 0. The maximum Gasteiger partial charge on any atom is 0.410 e. The van der Waals surface area contributed by atoms with Gasteiger partial charge in [0.25, 0.3) is 0 Å². The Kier molecular flexibility index (Phi) is 15.5. The predicted molar refractivity (Wildman–Crippen MR) is 242 cm³/mol. The monoisotopic (exact) mass is 811 g/mol. The Labute approximate surface area is 358 Å². The van der Waals surface area contributed by atoms with Gasteiger partial charge in [-0.05, 0) is 124 Å². The fraction of sp³-hybridized carbons (Fsp3) is 0.481. The Morgan fingerprint density at radius 3 is 1.57 bits per heavy atom. The summed E-state index contributed by atoms with van der Waals surface area (Å²) < 4.78 is 5.54. The van der Waals surface area contributed by atoms with Gasteiger partial charge in [0.1, 0.15) is 6.61 Å². The number of aryl methyl sites for hydroxylation is 2. The highest BCUT2D eigenvalue weighted by molar-refractivity contribution is 5.97. The smallest absolute Gasteiger partial charge is 0.410 e. The molecule has 60 heavy (non-hydrogen) atoms. The standard InChI is InChI=1S/C26H32N2O3.C26H34N2O/c1-20-9-5-6-15-24(20)28(25(29)23-13-7-14-23)18-22-12-8-16-27(17-22)26(30)31-19-21-10-3-2-4-11-21;1-21-9-5-6-15-25(21)28(26(29)24-13-7-14-24)20-23-12-8-17-27(19-23)18-16-22-10-3-2-4-11-22/h2-6,9-11,15,22-23H,7-8,12-14,16-19H2,1H3;2-6,9-11,15,23-24H,7-8,12-14,16-20H2,1H3. The van der Waals surface area contributed by atoms with Crippen LogP contribution in [0, 0.1) is 37.5 Å². The van der Waals surface area contributed by atoms with E-state index >= 15 is 0 Å². The van der Waals surface area contributed by atoms with E-state index in [2.05, 4.69) is 84.3 Å². The Hall–Kier alpha value is -4.95. The molecular formula is C52H66N4O4. The zero-order valence-electron chi connectivity index (χ0n) is 36.1. The van der Waals surface area contributed by atoms with Crippen molar-refractivity contribution in [1.82, 2.24) is 9.80 Å². The summed E-state index contributed by atoms with van der Waals surface area (Å²) in [5.74, 6) is 1.80. The van der Waals surface area contributed by atoms with Crippen molar-refractivity contribution in [2.24, 2.45) is 23.7 Å². The van der Waals surface area contributed by atoms with Gasteiger partial charge < -0.3 is 24.3 Å². The van der Waals surface area contributed by atoms with Crippen molar-refractivity contribution in [2.75, 3.05) is 55.6 Å². The molecule has 4 aromatic carbocycles. The van der Waals surface area contributed by atoms with E-state index in [0.29, 0.717) is 31.5 Å². The number of nitrogens with zero attached hydrogens (tertiary/aromatic N) is 4. The van der Waals surface area contributed by atoms with Crippen molar-refractivity contribution in [3.8, 4) is 0 Å². The van der Waals surface area contributed by atoms with Crippen LogP contribution in [0.15, 0.2) is 109 Å². The van der Waals surface area contributed by atoms with Crippen molar-refractivity contribution < 1.29 is 19.1 Å². The highest BCUT2D eigenvalue weighted by Gasteiger charge is 2.35. The topological polar surface area (TPSA) is 73.4 Å². The van der Waals surface area contributed by atoms with Crippen LogP contribution in [0.25, 0.3) is 0 Å². The molecule has 8 heteroatoms. The second-order valence-corrected chi connectivity index (χ2v) is 17.8. The van der Waals surface area contributed by atoms with Gasteiger partial charge in [-0.25, -0.2) is 4.79 Å². The third kappa shape index (κ3) is 11.7. The van der Waals surface area contributed by atoms with Gasteiger partial charge in [0.2, 0.25) is 11.8 Å².